The number of hydrogen-bond donors (Lipinski definition) is 2. The number of pyridine rings is 1. The van der Waals surface area contributed by atoms with Crippen LogP contribution in [0.25, 0.3) is 0 Å². The van der Waals surface area contributed by atoms with Crippen molar-refractivity contribution in [1.29, 1.82) is 0 Å². The molecule has 0 aliphatic heterocycles. The second-order valence-electron chi connectivity index (χ2n) is 4.46. The average molecular weight is 242 g/mol. The molecule has 1 heterocycles. The first-order valence-electron chi connectivity index (χ1n) is 5.71. The second-order valence-corrected chi connectivity index (χ2v) is 4.85. The fraction of sp³-hybridized carbons (Fsp3) is 0.583. The lowest BCUT2D eigenvalue weighted by molar-refractivity contribution is 0.454. The summed E-state index contributed by atoms with van der Waals surface area (Å²) in [6, 6.07) is 3.93. The number of rotatable bonds is 6. The van der Waals surface area contributed by atoms with Crippen LogP contribution in [0.4, 0.5) is 0 Å². The van der Waals surface area contributed by atoms with Crippen LogP contribution in [0.5, 0.6) is 0 Å². The molecule has 1 aromatic rings. The summed E-state index contributed by atoms with van der Waals surface area (Å²) in [5, 5.41) is 0.515. The van der Waals surface area contributed by atoms with E-state index in [2.05, 4.69) is 24.3 Å². The number of nitrogens with zero attached hydrogens (tertiary/aromatic N) is 1. The third kappa shape index (κ3) is 4.47. The Kier molecular flexibility index (Phi) is 5.74. The van der Waals surface area contributed by atoms with Crippen molar-refractivity contribution in [3.63, 3.8) is 0 Å². The predicted octanol–water partition coefficient (Wildman–Crippen LogP) is 3.07. The molecule has 3 nitrogen and oxygen atoms in total. The van der Waals surface area contributed by atoms with Gasteiger partial charge in [-0.3, -0.25) is 11.3 Å². The van der Waals surface area contributed by atoms with Crippen molar-refractivity contribution in [1.82, 2.24) is 10.4 Å². The van der Waals surface area contributed by atoms with Crippen LogP contribution in [0.1, 0.15) is 44.7 Å². The highest BCUT2D eigenvalue weighted by atomic mass is 35.5. The highest BCUT2D eigenvalue weighted by Crippen LogP contribution is 2.20. The molecule has 90 valence electrons. The van der Waals surface area contributed by atoms with Gasteiger partial charge in [-0.25, -0.2) is 4.98 Å². The normalized spacial score (nSPS) is 13.1. The van der Waals surface area contributed by atoms with Gasteiger partial charge in [0.25, 0.3) is 0 Å². The van der Waals surface area contributed by atoms with Crippen LogP contribution >= 0.6 is 11.6 Å². The Balaban J connectivity index is 2.50. The van der Waals surface area contributed by atoms with Crippen molar-refractivity contribution in [2.45, 2.75) is 39.2 Å². The number of aromatic nitrogens is 1. The van der Waals surface area contributed by atoms with Gasteiger partial charge >= 0.3 is 0 Å². The Morgan fingerprint density at radius 2 is 2.12 bits per heavy atom. The smallest absolute Gasteiger partial charge is 0.129 e. The molecule has 0 spiro atoms. The van der Waals surface area contributed by atoms with E-state index in [0.717, 1.165) is 24.3 Å². The minimum absolute atomic E-state index is 0.170. The molecule has 16 heavy (non-hydrogen) atoms. The second kappa shape index (κ2) is 6.84. The maximum Gasteiger partial charge on any atom is 0.129 e. The van der Waals surface area contributed by atoms with Crippen LogP contribution < -0.4 is 11.3 Å². The molecular formula is C12H20ClN3. The summed E-state index contributed by atoms with van der Waals surface area (Å²) in [7, 11) is 0. The minimum atomic E-state index is 0.170. The van der Waals surface area contributed by atoms with E-state index in [1.54, 1.807) is 12.3 Å². The van der Waals surface area contributed by atoms with E-state index in [-0.39, 0.29) is 6.04 Å². The summed E-state index contributed by atoms with van der Waals surface area (Å²) >= 11 is 5.74. The zero-order valence-corrected chi connectivity index (χ0v) is 10.7. The number of hydrogen-bond acceptors (Lipinski definition) is 3. The van der Waals surface area contributed by atoms with Crippen molar-refractivity contribution < 1.29 is 0 Å². The molecule has 0 aliphatic carbocycles. The number of nitrogens with one attached hydrogen (secondary N) is 1. The number of nitrogens with two attached hydrogens (primary N) is 1. The van der Waals surface area contributed by atoms with Crippen LogP contribution in [0.3, 0.4) is 0 Å². The molecule has 0 aromatic carbocycles. The zero-order valence-electron chi connectivity index (χ0n) is 9.91. The van der Waals surface area contributed by atoms with Crippen LogP contribution in [-0.4, -0.2) is 4.98 Å². The van der Waals surface area contributed by atoms with Gasteiger partial charge in [-0.15, -0.1) is 0 Å². The first-order valence-corrected chi connectivity index (χ1v) is 6.09. The molecule has 0 saturated carbocycles. The van der Waals surface area contributed by atoms with Crippen LogP contribution in [0.15, 0.2) is 18.3 Å². The minimum Gasteiger partial charge on any atom is -0.271 e. The van der Waals surface area contributed by atoms with Crippen molar-refractivity contribution in [3.05, 3.63) is 29.0 Å². The van der Waals surface area contributed by atoms with Crippen molar-refractivity contribution in [2.75, 3.05) is 0 Å². The largest absolute Gasteiger partial charge is 0.271 e. The van der Waals surface area contributed by atoms with Crippen LogP contribution in [-0.2, 0) is 0 Å². The average Bonchev–Trinajstić information content (AvgIpc) is 2.26. The standard InChI is InChI=1S/C12H20ClN3/c1-9(2)4-3-5-11(16-14)10-6-7-12(13)15-8-10/h6-9,11,16H,3-5,14H2,1-2H3. The molecule has 0 fully saturated rings. The third-order valence-electron chi connectivity index (χ3n) is 2.63. The Hall–Kier alpha value is -0.640. The van der Waals surface area contributed by atoms with Gasteiger partial charge in [0.15, 0.2) is 0 Å². The monoisotopic (exact) mass is 241 g/mol. The summed E-state index contributed by atoms with van der Waals surface area (Å²) in [5.74, 6) is 6.29. The van der Waals surface area contributed by atoms with Gasteiger partial charge in [0.05, 0.1) is 0 Å². The lowest BCUT2D eigenvalue weighted by Gasteiger charge is -2.16. The molecule has 0 amide bonds. The molecule has 0 bridgehead atoms. The molecular weight excluding hydrogens is 222 g/mol. The molecule has 1 unspecified atom stereocenters. The van der Waals surface area contributed by atoms with Gasteiger partial charge in [0.2, 0.25) is 0 Å². The van der Waals surface area contributed by atoms with Gasteiger partial charge in [-0.1, -0.05) is 44.4 Å². The van der Waals surface area contributed by atoms with Gasteiger partial charge < -0.3 is 0 Å². The van der Waals surface area contributed by atoms with Gasteiger partial charge in [-0.05, 0) is 24.0 Å². The molecule has 0 radical (unpaired) electrons. The van der Waals surface area contributed by atoms with Gasteiger partial charge in [0, 0.05) is 12.2 Å². The van der Waals surface area contributed by atoms with Crippen molar-refractivity contribution in [3.8, 4) is 0 Å². The molecule has 0 aliphatic rings. The molecule has 1 aromatic heterocycles. The Bertz CT molecular complexity index is 298. The Morgan fingerprint density at radius 3 is 2.62 bits per heavy atom. The molecule has 1 rings (SSSR count). The van der Waals surface area contributed by atoms with E-state index < -0.39 is 0 Å². The molecule has 1 atom stereocenters. The Labute approximate surface area is 102 Å². The van der Waals surface area contributed by atoms with E-state index in [1.807, 2.05) is 6.07 Å². The van der Waals surface area contributed by atoms with E-state index in [9.17, 15) is 0 Å². The van der Waals surface area contributed by atoms with E-state index in [1.165, 1.54) is 6.42 Å². The van der Waals surface area contributed by atoms with Crippen molar-refractivity contribution in [2.24, 2.45) is 11.8 Å². The third-order valence-corrected chi connectivity index (χ3v) is 2.85. The topological polar surface area (TPSA) is 50.9 Å². The zero-order chi connectivity index (χ0) is 12.0. The first-order chi connectivity index (χ1) is 7.63. The quantitative estimate of drug-likeness (QED) is 0.457. The van der Waals surface area contributed by atoms with E-state index in [0.29, 0.717) is 5.15 Å². The van der Waals surface area contributed by atoms with E-state index in [4.69, 9.17) is 17.4 Å². The summed E-state index contributed by atoms with van der Waals surface area (Å²) in [4.78, 5) is 4.06. The highest BCUT2D eigenvalue weighted by molar-refractivity contribution is 6.29. The maximum atomic E-state index is 5.74. The molecule has 4 heteroatoms. The number of hydrazine groups is 1. The Morgan fingerprint density at radius 1 is 1.38 bits per heavy atom. The fourth-order valence-electron chi connectivity index (χ4n) is 1.67. The highest BCUT2D eigenvalue weighted by Gasteiger charge is 2.09. The fourth-order valence-corrected chi connectivity index (χ4v) is 1.78. The van der Waals surface area contributed by atoms with Gasteiger partial charge in [-0.2, -0.15) is 0 Å². The maximum absolute atomic E-state index is 5.74. The van der Waals surface area contributed by atoms with E-state index >= 15 is 0 Å². The lowest BCUT2D eigenvalue weighted by atomic mass is 10.00. The van der Waals surface area contributed by atoms with Crippen LogP contribution in [0, 0.1) is 5.92 Å². The van der Waals surface area contributed by atoms with Crippen molar-refractivity contribution >= 4 is 11.6 Å². The summed E-state index contributed by atoms with van der Waals surface area (Å²) in [6.07, 6.45) is 5.19. The first kappa shape index (κ1) is 13.4. The molecule has 0 saturated heterocycles. The van der Waals surface area contributed by atoms with Crippen LogP contribution in [0.2, 0.25) is 5.15 Å². The SMILES string of the molecule is CC(C)CCCC(NN)c1ccc(Cl)nc1. The summed E-state index contributed by atoms with van der Waals surface area (Å²) < 4.78 is 0. The lowest BCUT2D eigenvalue weighted by Crippen LogP contribution is -2.28. The summed E-state index contributed by atoms with van der Waals surface area (Å²) in [6.45, 7) is 4.46. The summed E-state index contributed by atoms with van der Waals surface area (Å²) in [5.41, 5.74) is 3.92. The number of halogens is 1. The predicted molar refractivity (Wildman–Crippen MR) is 68.0 cm³/mol. The van der Waals surface area contributed by atoms with Gasteiger partial charge in [0.1, 0.15) is 5.15 Å². The molecule has 3 N–H and O–H groups in total.